The molecular formula is C19H20Cl3N3O4. The Bertz CT molecular complexity index is 912. The third kappa shape index (κ3) is 7.04. The van der Waals surface area contributed by atoms with Crippen LogP contribution in [0.5, 0.6) is 0 Å². The number of nitrogens with one attached hydrogen (secondary N) is 1. The highest BCUT2D eigenvalue weighted by atomic mass is 35.5. The summed E-state index contributed by atoms with van der Waals surface area (Å²) >= 11 is 18.5. The summed E-state index contributed by atoms with van der Waals surface area (Å²) < 4.78 is 11.3. The van der Waals surface area contributed by atoms with Crippen molar-refractivity contribution in [1.29, 1.82) is 0 Å². The van der Waals surface area contributed by atoms with Crippen molar-refractivity contribution in [1.82, 2.24) is 15.1 Å². The molecule has 0 saturated heterocycles. The second-order valence-corrected chi connectivity index (χ2v) is 7.17. The van der Waals surface area contributed by atoms with E-state index in [0.29, 0.717) is 46.2 Å². The lowest BCUT2D eigenvalue weighted by Gasteiger charge is -2.06. The predicted molar refractivity (Wildman–Crippen MR) is 112 cm³/mol. The van der Waals surface area contributed by atoms with Gasteiger partial charge >= 0.3 is 5.97 Å². The van der Waals surface area contributed by atoms with Gasteiger partial charge in [-0.25, -0.2) is 9.48 Å². The maximum Gasteiger partial charge on any atom is 0.331 e. The van der Waals surface area contributed by atoms with Gasteiger partial charge in [0, 0.05) is 35.3 Å². The molecule has 1 amide bonds. The number of hydrogen-bond acceptors (Lipinski definition) is 5. The molecule has 2 aromatic rings. The van der Waals surface area contributed by atoms with Gasteiger partial charge in [-0.2, -0.15) is 5.10 Å². The third-order valence-corrected chi connectivity index (χ3v) is 4.79. The molecule has 10 heteroatoms. The van der Waals surface area contributed by atoms with Gasteiger partial charge in [0.1, 0.15) is 5.15 Å². The Hall–Kier alpha value is -2.06. The lowest BCUT2D eigenvalue weighted by atomic mass is 10.2. The summed E-state index contributed by atoms with van der Waals surface area (Å²) in [5.74, 6) is -1.08. The Labute approximate surface area is 183 Å². The quantitative estimate of drug-likeness (QED) is 0.352. The van der Waals surface area contributed by atoms with Crippen LogP contribution in [0.4, 0.5) is 0 Å². The minimum atomic E-state index is -0.671. The number of ether oxygens (including phenoxy) is 2. The Morgan fingerprint density at radius 1 is 1.28 bits per heavy atom. The molecule has 0 aliphatic rings. The van der Waals surface area contributed by atoms with Crippen LogP contribution in [0.15, 0.2) is 24.3 Å². The van der Waals surface area contributed by atoms with Crippen molar-refractivity contribution in [3.63, 3.8) is 0 Å². The molecule has 29 heavy (non-hydrogen) atoms. The van der Waals surface area contributed by atoms with E-state index in [1.807, 2.05) is 0 Å². The number of hydrogen-bond donors (Lipinski definition) is 1. The van der Waals surface area contributed by atoms with Crippen LogP contribution in [-0.4, -0.2) is 48.5 Å². The first kappa shape index (κ1) is 23.2. The molecule has 0 atom stereocenters. The first-order valence-electron chi connectivity index (χ1n) is 8.59. The highest BCUT2D eigenvalue weighted by Crippen LogP contribution is 2.26. The van der Waals surface area contributed by atoms with E-state index in [1.165, 1.54) is 19.3 Å². The fourth-order valence-electron chi connectivity index (χ4n) is 2.35. The van der Waals surface area contributed by atoms with Gasteiger partial charge in [-0.05, 0) is 30.7 Å². The van der Waals surface area contributed by atoms with Crippen molar-refractivity contribution in [3.8, 4) is 0 Å². The molecule has 0 saturated carbocycles. The summed E-state index contributed by atoms with van der Waals surface area (Å²) in [4.78, 5) is 23.3. The van der Waals surface area contributed by atoms with Crippen LogP contribution in [0.3, 0.4) is 0 Å². The molecule has 1 N–H and O–H groups in total. The standard InChI is InChI=1S/C19H20Cl3N3O4/c1-12-15(5-6-18(27)29-11-17(26)23-7-8-28-2)19(22)25(24-12)10-13-3-4-14(20)9-16(13)21/h3-6,9H,7-8,10-11H2,1-2H3,(H,23,26)/b6-5+. The molecule has 0 bridgehead atoms. The molecule has 1 heterocycles. The molecule has 1 aromatic heterocycles. The van der Waals surface area contributed by atoms with Crippen LogP contribution in [0.1, 0.15) is 16.8 Å². The number of aryl methyl sites for hydroxylation is 1. The number of esters is 1. The van der Waals surface area contributed by atoms with E-state index >= 15 is 0 Å². The Kier molecular flexibility index (Phi) is 8.98. The van der Waals surface area contributed by atoms with Gasteiger partial charge in [0.2, 0.25) is 0 Å². The van der Waals surface area contributed by atoms with Crippen LogP contribution in [0, 0.1) is 6.92 Å². The fraction of sp³-hybridized carbons (Fsp3) is 0.316. The maximum atomic E-state index is 11.8. The van der Waals surface area contributed by atoms with Crippen molar-refractivity contribution in [3.05, 3.63) is 56.3 Å². The van der Waals surface area contributed by atoms with Crippen LogP contribution in [0.25, 0.3) is 6.08 Å². The van der Waals surface area contributed by atoms with Crippen molar-refractivity contribution >= 4 is 52.8 Å². The molecule has 1 aromatic carbocycles. The normalized spacial score (nSPS) is 11.1. The molecule has 7 nitrogen and oxygen atoms in total. The van der Waals surface area contributed by atoms with Crippen molar-refractivity contribution in [2.24, 2.45) is 0 Å². The number of rotatable bonds is 9. The highest BCUT2D eigenvalue weighted by molar-refractivity contribution is 6.35. The smallest absolute Gasteiger partial charge is 0.331 e. The summed E-state index contributed by atoms with van der Waals surface area (Å²) in [6.45, 7) is 2.45. The first-order valence-corrected chi connectivity index (χ1v) is 9.72. The van der Waals surface area contributed by atoms with Crippen LogP contribution in [-0.2, 0) is 25.6 Å². The summed E-state index contributed by atoms with van der Waals surface area (Å²) in [5, 5.41) is 8.31. The number of carbonyl (C=O) groups is 2. The minimum absolute atomic E-state index is 0.342. The molecule has 0 spiro atoms. The zero-order chi connectivity index (χ0) is 21.4. The van der Waals surface area contributed by atoms with Crippen LogP contribution in [0.2, 0.25) is 15.2 Å². The van der Waals surface area contributed by atoms with Crippen LogP contribution >= 0.6 is 34.8 Å². The molecule has 0 aliphatic carbocycles. The second kappa shape index (κ2) is 11.2. The van der Waals surface area contributed by atoms with Crippen molar-refractivity contribution < 1.29 is 19.1 Å². The number of halogens is 3. The third-order valence-electron chi connectivity index (χ3n) is 3.80. The number of amides is 1. The highest BCUT2D eigenvalue weighted by Gasteiger charge is 2.13. The Balaban J connectivity index is 1.98. The van der Waals surface area contributed by atoms with Gasteiger partial charge in [-0.15, -0.1) is 0 Å². The molecule has 2 rings (SSSR count). The zero-order valence-electron chi connectivity index (χ0n) is 15.9. The van der Waals surface area contributed by atoms with E-state index in [-0.39, 0.29) is 6.61 Å². The van der Waals surface area contributed by atoms with E-state index in [9.17, 15) is 9.59 Å². The lowest BCUT2D eigenvalue weighted by molar-refractivity contribution is -0.143. The number of carbonyl (C=O) groups excluding carboxylic acids is 2. The predicted octanol–water partition coefficient (Wildman–Crippen LogP) is 3.52. The summed E-state index contributed by atoms with van der Waals surface area (Å²) in [6.07, 6.45) is 2.69. The summed E-state index contributed by atoms with van der Waals surface area (Å²) in [5.41, 5.74) is 1.99. The molecule has 0 aliphatic heterocycles. The molecule has 0 fully saturated rings. The molecule has 0 unspecified atom stereocenters. The molecule has 0 radical (unpaired) electrons. The zero-order valence-corrected chi connectivity index (χ0v) is 18.1. The Morgan fingerprint density at radius 2 is 2.03 bits per heavy atom. The van der Waals surface area contributed by atoms with Gasteiger partial charge < -0.3 is 14.8 Å². The number of benzene rings is 1. The summed E-state index contributed by atoms with van der Waals surface area (Å²) in [6, 6.07) is 5.17. The Morgan fingerprint density at radius 3 is 2.72 bits per heavy atom. The van der Waals surface area contributed by atoms with Gasteiger partial charge in [-0.3, -0.25) is 4.79 Å². The fourth-order valence-corrected chi connectivity index (χ4v) is 3.12. The second-order valence-electron chi connectivity index (χ2n) is 5.97. The maximum absolute atomic E-state index is 11.8. The average Bonchev–Trinajstić information content (AvgIpc) is 2.94. The lowest BCUT2D eigenvalue weighted by Crippen LogP contribution is -2.31. The molecule has 156 valence electrons. The van der Waals surface area contributed by atoms with Gasteiger partial charge in [0.05, 0.1) is 18.8 Å². The minimum Gasteiger partial charge on any atom is -0.452 e. The average molecular weight is 461 g/mol. The van der Waals surface area contributed by atoms with E-state index in [4.69, 9.17) is 44.3 Å². The topological polar surface area (TPSA) is 82.4 Å². The van der Waals surface area contributed by atoms with Gasteiger partial charge in [0.25, 0.3) is 5.91 Å². The van der Waals surface area contributed by atoms with E-state index in [2.05, 4.69) is 10.4 Å². The van der Waals surface area contributed by atoms with Gasteiger partial charge in [0.15, 0.2) is 6.61 Å². The van der Waals surface area contributed by atoms with E-state index in [0.717, 1.165) is 5.56 Å². The monoisotopic (exact) mass is 459 g/mol. The first-order chi connectivity index (χ1) is 13.8. The summed E-state index contributed by atoms with van der Waals surface area (Å²) in [7, 11) is 1.52. The van der Waals surface area contributed by atoms with E-state index < -0.39 is 11.9 Å². The van der Waals surface area contributed by atoms with Crippen LogP contribution < -0.4 is 5.32 Å². The van der Waals surface area contributed by atoms with E-state index in [1.54, 1.807) is 29.8 Å². The van der Waals surface area contributed by atoms with Gasteiger partial charge in [-0.1, -0.05) is 40.9 Å². The number of aromatic nitrogens is 2. The number of methoxy groups -OCH3 is 1. The van der Waals surface area contributed by atoms with Crippen molar-refractivity contribution in [2.75, 3.05) is 26.9 Å². The van der Waals surface area contributed by atoms with Crippen molar-refractivity contribution in [2.45, 2.75) is 13.5 Å². The largest absolute Gasteiger partial charge is 0.452 e. The SMILES string of the molecule is COCCNC(=O)COC(=O)/C=C/c1c(C)nn(Cc2ccc(Cl)cc2Cl)c1Cl. The molecular weight excluding hydrogens is 441 g/mol. The number of nitrogens with zero attached hydrogens (tertiary/aromatic N) is 2.